The summed E-state index contributed by atoms with van der Waals surface area (Å²) >= 11 is 0. The molecule has 4 N–H and O–H groups in total. The van der Waals surface area contributed by atoms with Gasteiger partial charge in [-0.25, -0.2) is 0 Å². The van der Waals surface area contributed by atoms with Crippen molar-refractivity contribution in [2.45, 2.75) is 0 Å². The van der Waals surface area contributed by atoms with Crippen molar-refractivity contribution >= 4 is 11.6 Å². The van der Waals surface area contributed by atoms with Crippen LogP contribution < -0.4 is 11.1 Å². The summed E-state index contributed by atoms with van der Waals surface area (Å²) in [7, 11) is 0. The molecule has 1 aromatic heterocycles. The number of rotatable bonds is 4. The van der Waals surface area contributed by atoms with Crippen molar-refractivity contribution in [1.29, 1.82) is 0 Å². The van der Waals surface area contributed by atoms with E-state index in [-0.39, 0.29) is 6.61 Å². The van der Waals surface area contributed by atoms with Crippen molar-refractivity contribution in [2.75, 3.05) is 18.5 Å². The molecular formula is C8H11N3O2. The number of carbonyl (C=O) groups excluding carboxylic acids is 1. The molecule has 0 saturated heterocycles. The normalized spacial score (nSPS) is 9.62. The van der Waals surface area contributed by atoms with Gasteiger partial charge in [-0.05, 0) is 6.07 Å². The molecule has 1 rings (SSSR count). The van der Waals surface area contributed by atoms with Crippen LogP contribution in [0, 0.1) is 0 Å². The van der Waals surface area contributed by atoms with Crippen LogP contribution in [0.5, 0.6) is 0 Å². The van der Waals surface area contributed by atoms with Crippen LogP contribution in [0.2, 0.25) is 0 Å². The third kappa shape index (κ3) is 2.41. The number of anilines is 1. The molecule has 0 aromatic carbocycles. The van der Waals surface area contributed by atoms with Crippen molar-refractivity contribution < 1.29 is 9.90 Å². The van der Waals surface area contributed by atoms with Crippen LogP contribution >= 0.6 is 0 Å². The summed E-state index contributed by atoms with van der Waals surface area (Å²) in [6, 6.07) is 1.53. The van der Waals surface area contributed by atoms with Crippen LogP contribution in [0.4, 0.5) is 5.69 Å². The molecule has 0 saturated carbocycles. The molecule has 1 amide bonds. The summed E-state index contributed by atoms with van der Waals surface area (Å²) in [5.74, 6) is -0.511. The Morgan fingerprint density at radius 2 is 2.46 bits per heavy atom. The topological polar surface area (TPSA) is 88.2 Å². The first-order valence-corrected chi connectivity index (χ1v) is 3.84. The van der Waals surface area contributed by atoms with E-state index in [2.05, 4.69) is 10.3 Å². The standard InChI is InChI=1S/C8H11N3O2/c9-8(13)6-1-2-10-5-7(6)11-3-4-12/h1-2,5,11-12H,3-4H2,(H2,9,13). The summed E-state index contributed by atoms with van der Waals surface area (Å²) in [5.41, 5.74) is 6.04. The lowest BCUT2D eigenvalue weighted by Gasteiger charge is -2.06. The van der Waals surface area contributed by atoms with Gasteiger partial charge in [-0.1, -0.05) is 0 Å². The third-order valence-corrected chi connectivity index (χ3v) is 1.51. The molecule has 0 fully saturated rings. The molecule has 5 heteroatoms. The molecule has 0 aliphatic heterocycles. The van der Waals surface area contributed by atoms with Gasteiger partial charge >= 0.3 is 0 Å². The monoisotopic (exact) mass is 181 g/mol. The van der Waals surface area contributed by atoms with Crippen LogP contribution in [0.25, 0.3) is 0 Å². The highest BCUT2D eigenvalue weighted by molar-refractivity contribution is 5.98. The Balaban J connectivity index is 2.84. The quantitative estimate of drug-likeness (QED) is 0.589. The van der Waals surface area contributed by atoms with Crippen LogP contribution in [0.1, 0.15) is 10.4 Å². The van der Waals surface area contributed by atoms with E-state index in [1.807, 2.05) is 0 Å². The minimum atomic E-state index is -0.511. The van der Waals surface area contributed by atoms with Gasteiger partial charge < -0.3 is 16.2 Å². The van der Waals surface area contributed by atoms with Crippen molar-refractivity contribution in [2.24, 2.45) is 5.73 Å². The van der Waals surface area contributed by atoms with Crippen molar-refractivity contribution in [3.05, 3.63) is 24.0 Å². The summed E-state index contributed by atoms with van der Waals surface area (Å²) in [4.78, 5) is 14.7. The maximum atomic E-state index is 10.9. The predicted molar refractivity (Wildman–Crippen MR) is 48.3 cm³/mol. The third-order valence-electron chi connectivity index (χ3n) is 1.51. The Kier molecular flexibility index (Phi) is 3.22. The van der Waals surface area contributed by atoms with Crippen LogP contribution in [0.3, 0.4) is 0 Å². The van der Waals surface area contributed by atoms with Crippen LogP contribution in [-0.4, -0.2) is 29.1 Å². The first-order valence-electron chi connectivity index (χ1n) is 3.84. The van der Waals surface area contributed by atoms with E-state index in [0.717, 1.165) is 0 Å². The number of primary amides is 1. The van der Waals surface area contributed by atoms with Gasteiger partial charge in [0.05, 0.1) is 24.1 Å². The lowest BCUT2D eigenvalue weighted by atomic mass is 10.2. The highest BCUT2D eigenvalue weighted by Crippen LogP contribution is 2.11. The summed E-state index contributed by atoms with van der Waals surface area (Å²) < 4.78 is 0. The van der Waals surface area contributed by atoms with E-state index in [4.69, 9.17) is 10.8 Å². The largest absolute Gasteiger partial charge is 0.395 e. The molecule has 0 spiro atoms. The molecule has 1 aromatic rings. The number of nitrogens with two attached hydrogens (primary N) is 1. The molecule has 0 unspecified atom stereocenters. The Bertz CT molecular complexity index is 301. The second-order valence-corrected chi connectivity index (χ2v) is 2.44. The highest BCUT2D eigenvalue weighted by Gasteiger charge is 2.05. The maximum absolute atomic E-state index is 10.9. The summed E-state index contributed by atoms with van der Waals surface area (Å²) in [6.45, 7) is 0.360. The molecule has 70 valence electrons. The van der Waals surface area contributed by atoms with Gasteiger partial charge in [0, 0.05) is 12.7 Å². The highest BCUT2D eigenvalue weighted by atomic mass is 16.3. The molecule has 0 bridgehead atoms. The fourth-order valence-electron chi connectivity index (χ4n) is 0.941. The van der Waals surface area contributed by atoms with Gasteiger partial charge in [-0.15, -0.1) is 0 Å². The number of pyridine rings is 1. The number of hydrogen-bond acceptors (Lipinski definition) is 4. The van der Waals surface area contributed by atoms with Crippen LogP contribution in [-0.2, 0) is 0 Å². The predicted octanol–water partition coefficient (Wildman–Crippen LogP) is -0.415. The van der Waals surface area contributed by atoms with Gasteiger partial charge in [-0.3, -0.25) is 9.78 Å². The molecule has 13 heavy (non-hydrogen) atoms. The Hall–Kier alpha value is -1.62. The minimum absolute atomic E-state index is 0.00685. The fourth-order valence-corrected chi connectivity index (χ4v) is 0.941. The van der Waals surface area contributed by atoms with Crippen molar-refractivity contribution in [1.82, 2.24) is 4.98 Å². The Morgan fingerprint density at radius 1 is 1.69 bits per heavy atom. The van der Waals surface area contributed by atoms with Gasteiger partial charge in [0.2, 0.25) is 0 Å². The lowest BCUT2D eigenvalue weighted by molar-refractivity contribution is 0.100. The fraction of sp³-hybridized carbons (Fsp3) is 0.250. The van der Waals surface area contributed by atoms with Gasteiger partial charge in [0.1, 0.15) is 0 Å². The summed E-state index contributed by atoms with van der Waals surface area (Å²) in [6.07, 6.45) is 2.99. The molecule has 0 aliphatic rings. The number of hydrogen-bond donors (Lipinski definition) is 3. The smallest absolute Gasteiger partial charge is 0.250 e. The zero-order chi connectivity index (χ0) is 9.68. The minimum Gasteiger partial charge on any atom is -0.395 e. The van der Waals surface area contributed by atoms with Crippen LogP contribution in [0.15, 0.2) is 18.5 Å². The van der Waals surface area contributed by atoms with Gasteiger partial charge in [0.25, 0.3) is 5.91 Å². The molecule has 0 radical (unpaired) electrons. The van der Waals surface area contributed by atoms with Gasteiger partial charge in [-0.2, -0.15) is 0 Å². The van der Waals surface area contributed by atoms with Crippen molar-refractivity contribution in [3.8, 4) is 0 Å². The molecular weight excluding hydrogens is 170 g/mol. The zero-order valence-corrected chi connectivity index (χ0v) is 7.03. The number of nitrogens with one attached hydrogen (secondary N) is 1. The average molecular weight is 181 g/mol. The maximum Gasteiger partial charge on any atom is 0.250 e. The Morgan fingerprint density at radius 3 is 3.08 bits per heavy atom. The first-order chi connectivity index (χ1) is 6.25. The van der Waals surface area contributed by atoms with E-state index < -0.39 is 5.91 Å². The van der Waals surface area contributed by atoms with Gasteiger partial charge in [0.15, 0.2) is 0 Å². The van der Waals surface area contributed by atoms with E-state index in [0.29, 0.717) is 17.8 Å². The number of amides is 1. The van der Waals surface area contributed by atoms with E-state index in [9.17, 15) is 4.79 Å². The first kappa shape index (κ1) is 9.47. The number of aromatic nitrogens is 1. The number of aliphatic hydroxyl groups excluding tert-OH is 1. The second kappa shape index (κ2) is 4.42. The second-order valence-electron chi connectivity index (χ2n) is 2.44. The van der Waals surface area contributed by atoms with Crippen molar-refractivity contribution in [3.63, 3.8) is 0 Å². The summed E-state index contributed by atoms with van der Waals surface area (Å²) in [5, 5.41) is 11.4. The Labute approximate surface area is 75.6 Å². The van der Waals surface area contributed by atoms with E-state index >= 15 is 0 Å². The lowest BCUT2D eigenvalue weighted by Crippen LogP contribution is -2.16. The zero-order valence-electron chi connectivity index (χ0n) is 7.03. The molecule has 5 nitrogen and oxygen atoms in total. The number of nitrogens with zero attached hydrogens (tertiary/aromatic N) is 1. The molecule has 0 atom stereocenters. The number of aliphatic hydroxyl groups is 1. The molecule has 0 aliphatic carbocycles. The number of carbonyl (C=O) groups is 1. The average Bonchev–Trinajstić information content (AvgIpc) is 2.15. The van der Waals surface area contributed by atoms with E-state index in [1.165, 1.54) is 18.5 Å². The molecule has 1 heterocycles. The SMILES string of the molecule is NC(=O)c1ccncc1NCCO. The van der Waals surface area contributed by atoms with E-state index in [1.54, 1.807) is 0 Å².